The van der Waals surface area contributed by atoms with Crippen LogP contribution in [0.25, 0.3) is 0 Å². The van der Waals surface area contributed by atoms with Crippen LogP contribution in [0.15, 0.2) is 24.3 Å². The van der Waals surface area contributed by atoms with Gasteiger partial charge < -0.3 is 25.2 Å². The van der Waals surface area contributed by atoms with Crippen molar-refractivity contribution >= 4 is 23.6 Å². The summed E-state index contributed by atoms with van der Waals surface area (Å²) in [6.07, 6.45) is 2.88. The molecule has 5 rings (SSSR count). The van der Waals surface area contributed by atoms with Gasteiger partial charge in [0.2, 0.25) is 23.6 Å². The van der Waals surface area contributed by atoms with Crippen molar-refractivity contribution in [3.8, 4) is 5.75 Å². The average molecular weight is 441 g/mol. The highest BCUT2D eigenvalue weighted by Gasteiger charge is 2.52. The zero-order valence-electron chi connectivity index (χ0n) is 18.1. The molecular weight excluding hydrogens is 412 g/mol. The van der Waals surface area contributed by atoms with Gasteiger partial charge in [0.05, 0.1) is 19.6 Å². The zero-order chi connectivity index (χ0) is 22.4. The van der Waals surface area contributed by atoms with Crippen molar-refractivity contribution in [2.24, 2.45) is 5.92 Å². The highest BCUT2D eigenvalue weighted by molar-refractivity contribution is 5.97. The number of para-hydroxylation sites is 1. The number of nitrogens with zero attached hydrogens (tertiary/aromatic N) is 2. The Labute approximate surface area is 186 Å². The molecule has 3 saturated heterocycles. The summed E-state index contributed by atoms with van der Waals surface area (Å²) in [4.78, 5) is 54.9. The molecule has 1 aliphatic carbocycles. The monoisotopic (exact) mass is 440 g/mol. The number of amides is 4. The second-order valence-electron chi connectivity index (χ2n) is 9.15. The fraction of sp³-hybridized carbons (Fsp3) is 0.565. The number of carbonyl (C=O) groups is 4. The number of hydrogen-bond donors (Lipinski definition) is 2. The fourth-order valence-corrected chi connectivity index (χ4v) is 5.19. The van der Waals surface area contributed by atoms with Gasteiger partial charge in [0, 0.05) is 30.6 Å². The lowest BCUT2D eigenvalue weighted by atomic mass is 10.1. The summed E-state index contributed by atoms with van der Waals surface area (Å²) in [5.41, 5.74) is 0.760. The van der Waals surface area contributed by atoms with Crippen molar-refractivity contribution in [3.05, 3.63) is 29.8 Å². The first-order valence-electron chi connectivity index (χ1n) is 11.3. The van der Waals surface area contributed by atoms with Crippen LogP contribution in [0.5, 0.6) is 5.75 Å². The van der Waals surface area contributed by atoms with Crippen LogP contribution in [0.1, 0.15) is 31.2 Å². The molecule has 0 unspecified atom stereocenters. The summed E-state index contributed by atoms with van der Waals surface area (Å²) in [5.74, 6) is 0.127. The Morgan fingerprint density at radius 1 is 1.19 bits per heavy atom. The van der Waals surface area contributed by atoms with E-state index in [9.17, 15) is 19.2 Å². The molecule has 9 nitrogen and oxygen atoms in total. The van der Waals surface area contributed by atoms with Gasteiger partial charge in [0.1, 0.15) is 17.8 Å². The number of ether oxygens (including phenoxy) is 1. The summed E-state index contributed by atoms with van der Waals surface area (Å²) in [6.45, 7) is 0.711. The SMILES string of the molecule is COc1ccccc1CC(=O)N1CC[C@H]2NC(=O)[C@H]3C[C@H](NC(=O)C4CC4)CN3C(=O)[C@H]21. The summed E-state index contributed by atoms with van der Waals surface area (Å²) < 4.78 is 5.35. The molecule has 0 bridgehead atoms. The molecule has 170 valence electrons. The topological polar surface area (TPSA) is 108 Å². The summed E-state index contributed by atoms with van der Waals surface area (Å²) >= 11 is 0. The van der Waals surface area contributed by atoms with Gasteiger partial charge in [-0.3, -0.25) is 19.2 Å². The van der Waals surface area contributed by atoms with E-state index in [2.05, 4.69) is 10.6 Å². The third kappa shape index (κ3) is 3.69. The number of benzene rings is 1. The standard InChI is InChI=1S/C23H28N4O5/c1-32-18-5-3-2-4-14(18)10-19(28)26-9-8-16-20(26)23(31)27-12-15(11-17(27)22(30)25-16)24-21(29)13-6-7-13/h2-5,13,15-17,20H,6-12H2,1H3,(H,24,29)(H,25,30)/t15-,16+,17+,20-/m0/s1. The van der Waals surface area contributed by atoms with Gasteiger partial charge in [-0.2, -0.15) is 0 Å². The zero-order valence-corrected chi connectivity index (χ0v) is 18.1. The predicted molar refractivity (Wildman–Crippen MR) is 114 cm³/mol. The van der Waals surface area contributed by atoms with E-state index in [1.807, 2.05) is 18.2 Å². The molecule has 9 heteroatoms. The number of carbonyl (C=O) groups excluding carboxylic acids is 4. The number of likely N-dealkylation sites (tertiary alicyclic amines) is 1. The molecule has 0 spiro atoms. The Balaban J connectivity index is 1.32. The molecule has 1 aromatic rings. The lowest BCUT2D eigenvalue weighted by Crippen LogP contribution is -2.53. The van der Waals surface area contributed by atoms with Crippen LogP contribution in [0.2, 0.25) is 0 Å². The average Bonchev–Trinajstić information content (AvgIpc) is 3.44. The molecule has 0 radical (unpaired) electrons. The van der Waals surface area contributed by atoms with Gasteiger partial charge in [-0.25, -0.2) is 0 Å². The molecule has 0 aromatic heterocycles. The molecule has 4 amide bonds. The summed E-state index contributed by atoms with van der Waals surface area (Å²) in [6, 6.07) is 5.38. The van der Waals surface area contributed by atoms with Gasteiger partial charge in [0.25, 0.3) is 0 Å². The molecular formula is C23H28N4O5. The van der Waals surface area contributed by atoms with Crippen LogP contribution in [-0.4, -0.2) is 77.8 Å². The quantitative estimate of drug-likeness (QED) is 0.661. The van der Waals surface area contributed by atoms with Crippen molar-refractivity contribution in [1.82, 2.24) is 20.4 Å². The second-order valence-corrected chi connectivity index (χ2v) is 9.15. The maximum absolute atomic E-state index is 13.5. The number of hydrogen-bond acceptors (Lipinski definition) is 5. The van der Waals surface area contributed by atoms with Crippen LogP contribution in [-0.2, 0) is 25.6 Å². The van der Waals surface area contributed by atoms with Gasteiger partial charge in [-0.1, -0.05) is 18.2 Å². The maximum Gasteiger partial charge on any atom is 0.248 e. The fourth-order valence-electron chi connectivity index (χ4n) is 5.19. The van der Waals surface area contributed by atoms with E-state index in [-0.39, 0.29) is 48.1 Å². The highest BCUT2D eigenvalue weighted by atomic mass is 16.5. The Morgan fingerprint density at radius 2 is 1.97 bits per heavy atom. The molecule has 1 aromatic carbocycles. The predicted octanol–water partition coefficient (Wildman–Crippen LogP) is -0.167. The lowest BCUT2D eigenvalue weighted by Gasteiger charge is -2.29. The summed E-state index contributed by atoms with van der Waals surface area (Å²) in [5, 5.41) is 5.98. The minimum Gasteiger partial charge on any atom is -0.496 e. The number of methoxy groups -OCH3 is 1. The van der Waals surface area contributed by atoms with Crippen molar-refractivity contribution in [2.45, 2.75) is 56.3 Å². The molecule has 4 fully saturated rings. The molecule has 2 N–H and O–H groups in total. The van der Waals surface area contributed by atoms with Gasteiger partial charge >= 0.3 is 0 Å². The van der Waals surface area contributed by atoms with Crippen LogP contribution >= 0.6 is 0 Å². The van der Waals surface area contributed by atoms with Gasteiger partial charge in [-0.15, -0.1) is 0 Å². The maximum atomic E-state index is 13.5. The van der Waals surface area contributed by atoms with Crippen molar-refractivity contribution < 1.29 is 23.9 Å². The number of rotatable bonds is 5. The van der Waals surface area contributed by atoms with Crippen LogP contribution < -0.4 is 15.4 Å². The second kappa shape index (κ2) is 8.11. The minimum atomic E-state index is -0.718. The highest BCUT2D eigenvalue weighted by Crippen LogP contribution is 2.32. The summed E-state index contributed by atoms with van der Waals surface area (Å²) in [7, 11) is 1.56. The van der Waals surface area contributed by atoms with Crippen molar-refractivity contribution in [3.63, 3.8) is 0 Å². The van der Waals surface area contributed by atoms with E-state index in [0.29, 0.717) is 31.7 Å². The van der Waals surface area contributed by atoms with E-state index in [4.69, 9.17) is 4.74 Å². The first-order valence-corrected chi connectivity index (χ1v) is 11.3. The Bertz CT molecular complexity index is 961. The smallest absolute Gasteiger partial charge is 0.248 e. The van der Waals surface area contributed by atoms with Gasteiger partial charge in [0.15, 0.2) is 0 Å². The van der Waals surface area contributed by atoms with Crippen LogP contribution in [0.3, 0.4) is 0 Å². The molecule has 32 heavy (non-hydrogen) atoms. The van der Waals surface area contributed by atoms with Gasteiger partial charge in [-0.05, 0) is 31.7 Å². The number of fused-ring (bicyclic) bond motifs is 2. The normalized spacial score (nSPS) is 29.2. The number of nitrogens with one attached hydrogen (secondary N) is 2. The van der Waals surface area contributed by atoms with Crippen molar-refractivity contribution in [1.29, 1.82) is 0 Å². The molecule has 4 atom stereocenters. The third-order valence-electron chi connectivity index (χ3n) is 7.01. The molecule has 1 saturated carbocycles. The lowest BCUT2D eigenvalue weighted by molar-refractivity contribution is -0.144. The van der Waals surface area contributed by atoms with E-state index in [1.165, 1.54) is 0 Å². The van der Waals surface area contributed by atoms with E-state index in [0.717, 1.165) is 18.4 Å². The van der Waals surface area contributed by atoms with Crippen molar-refractivity contribution in [2.75, 3.05) is 20.2 Å². The Morgan fingerprint density at radius 3 is 2.72 bits per heavy atom. The molecule has 3 heterocycles. The van der Waals surface area contributed by atoms with Crippen LogP contribution in [0, 0.1) is 5.92 Å². The molecule has 4 aliphatic rings. The van der Waals surface area contributed by atoms with Crippen LogP contribution in [0.4, 0.5) is 0 Å². The minimum absolute atomic E-state index is 0.00729. The first-order chi connectivity index (χ1) is 15.5. The van der Waals surface area contributed by atoms with E-state index >= 15 is 0 Å². The van der Waals surface area contributed by atoms with E-state index < -0.39 is 12.1 Å². The Kier molecular flexibility index (Phi) is 5.27. The largest absolute Gasteiger partial charge is 0.496 e. The van der Waals surface area contributed by atoms with E-state index in [1.54, 1.807) is 23.0 Å². The Hall–Kier alpha value is -3.10. The third-order valence-corrected chi connectivity index (χ3v) is 7.01. The molecule has 3 aliphatic heterocycles. The first kappa shape index (κ1) is 20.8.